The molecule has 2 amide bonds. The van der Waals surface area contributed by atoms with Gasteiger partial charge in [-0.1, -0.05) is 32.4 Å². The molecule has 2 aliphatic rings. The standard InChI is InChI=1S/C35H43ClF3N9O4/c1-6-12-45(9-4)26-16-40-33-28(44-26)32(51)30(47-14-13-46(17-22(47)7-2)34(52)29-31(50)20(5)41-19-42-29)25(8-3)48(33)18-27(49)43-24-11-10-21(15-23(24)36)35(37,38)39/h10-11,15-16,19,22,29,50H,6-9,12-14,17-18H2,1-5H3,(H,41,42)(H,43,49). The van der Waals surface area contributed by atoms with E-state index in [1.165, 1.54) is 6.34 Å². The summed E-state index contributed by atoms with van der Waals surface area (Å²) in [6, 6.07) is 1.29. The van der Waals surface area contributed by atoms with Crippen molar-refractivity contribution in [2.75, 3.05) is 47.8 Å². The van der Waals surface area contributed by atoms with E-state index in [4.69, 9.17) is 16.6 Å². The molecule has 0 bridgehead atoms. The zero-order chi connectivity index (χ0) is 37.9. The number of hydrogen-bond donors (Lipinski definition) is 3. The van der Waals surface area contributed by atoms with E-state index >= 15 is 0 Å². The third kappa shape index (κ3) is 7.66. The summed E-state index contributed by atoms with van der Waals surface area (Å²) in [6.07, 6.45) is 0.0415. The summed E-state index contributed by atoms with van der Waals surface area (Å²) in [6.45, 7) is 11.2. The van der Waals surface area contributed by atoms with Crippen molar-refractivity contribution in [1.82, 2.24) is 24.8 Å². The lowest BCUT2D eigenvalue weighted by Crippen LogP contribution is -2.58. The Morgan fingerprint density at radius 3 is 2.56 bits per heavy atom. The molecular weight excluding hydrogens is 703 g/mol. The third-order valence-electron chi connectivity index (χ3n) is 9.37. The number of halogens is 4. The Kier molecular flexibility index (Phi) is 11.7. The Labute approximate surface area is 304 Å². The van der Waals surface area contributed by atoms with Crippen LogP contribution in [0.5, 0.6) is 0 Å². The van der Waals surface area contributed by atoms with Gasteiger partial charge in [-0.3, -0.25) is 19.4 Å². The van der Waals surface area contributed by atoms with E-state index in [0.717, 1.165) is 24.6 Å². The number of anilines is 3. The molecule has 2 atom stereocenters. The number of benzene rings is 1. The summed E-state index contributed by atoms with van der Waals surface area (Å²) in [5.74, 6) is -0.607. The third-order valence-corrected chi connectivity index (χ3v) is 9.68. The molecule has 2 aromatic heterocycles. The van der Waals surface area contributed by atoms with Crippen LogP contribution in [0.4, 0.5) is 30.4 Å². The van der Waals surface area contributed by atoms with Gasteiger partial charge in [0.25, 0.3) is 5.91 Å². The van der Waals surface area contributed by atoms with Crippen molar-refractivity contribution in [3.63, 3.8) is 0 Å². The number of alkyl halides is 3. The Morgan fingerprint density at radius 2 is 1.92 bits per heavy atom. The number of carbonyl (C=O) groups excluding carboxylic acids is 2. The first-order valence-corrected chi connectivity index (χ1v) is 17.7. The number of fused-ring (bicyclic) bond motifs is 1. The van der Waals surface area contributed by atoms with E-state index in [9.17, 15) is 32.7 Å². The van der Waals surface area contributed by atoms with Gasteiger partial charge in [-0.2, -0.15) is 13.2 Å². The number of hydrogen-bond acceptors (Lipinski definition) is 10. The lowest BCUT2D eigenvalue weighted by Gasteiger charge is -2.43. The fraction of sp³-hybridized carbons (Fsp3) is 0.486. The zero-order valence-corrected chi connectivity index (χ0v) is 30.5. The minimum Gasteiger partial charge on any atom is -0.508 e. The Morgan fingerprint density at radius 1 is 1.17 bits per heavy atom. The summed E-state index contributed by atoms with van der Waals surface area (Å²) >= 11 is 6.15. The Bertz CT molecular complexity index is 1970. The van der Waals surface area contributed by atoms with Crippen LogP contribution in [0.3, 0.4) is 0 Å². The first kappa shape index (κ1) is 38.4. The van der Waals surface area contributed by atoms with Gasteiger partial charge in [0.15, 0.2) is 17.2 Å². The van der Waals surface area contributed by atoms with Crippen molar-refractivity contribution in [3.05, 3.63) is 62.4 Å². The topological polar surface area (TPSA) is 148 Å². The van der Waals surface area contributed by atoms with Crippen molar-refractivity contribution >= 4 is 58.1 Å². The van der Waals surface area contributed by atoms with E-state index in [1.807, 2.05) is 37.5 Å². The number of aliphatic hydroxyl groups excluding tert-OH is 1. The number of piperazine rings is 1. The number of carbonyl (C=O) groups is 2. The second kappa shape index (κ2) is 15.8. The SMILES string of the molecule is CCCN(CC)c1cnc2c(n1)c(=O)c(N1CCN(C(=O)C3N=CNC(C)=C3O)CC1CC)c(CC)n2CC(=O)Nc1ccc(C(F)(F)F)cc1Cl. The highest BCUT2D eigenvalue weighted by Crippen LogP contribution is 2.34. The van der Waals surface area contributed by atoms with Crippen LogP contribution in [0, 0.1) is 0 Å². The van der Waals surface area contributed by atoms with Crippen molar-refractivity contribution in [2.24, 2.45) is 4.99 Å². The van der Waals surface area contributed by atoms with Crippen molar-refractivity contribution < 1.29 is 27.9 Å². The van der Waals surface area contributed by atoms with Gasteiger partial charge in [0.05, 0.1) is 34.5 Å². The summed E-state index contributed by atoms with van der Waals surface area (Å²) in [7, 11) is 0. The van der Waals surface area contributed by atoms with Crippen LogP contribution in [-0.2, 0) is 28.7 Å². The predicted molar refractivity (Wildman–Crippen MR) is 195 cm³/mol. The molecule has 5 rings (SSSR count). The maximum Gasteiger partial charge on any atom is 0.416 e. The van der Waals surface area contributed by atoms with Crippen LogP contribution in [0.25, 0.3) is 11.2 Å². The molecule has 3 aromatic rings. The zero-order valence-electron chi connectivity index (χ0n) is 29.7. The summed E-state index contributed by atoms with van der Waals surface area (Å²) in [5.41, 5.74) is 0.193. The number of aliphatic hydroxyl groups is 1. The number of pyridine rings is 1. The molecule has 0 spiro atoms. The highest BCUT2D eigenvalue weighted by Gasteiger charge is 2.37. The molecule has 1 aromatic carbocycles. The lowest BCUT2D eigenvalue weighted by molar-refractivity contribution is -0.137. The number of nitrogens with one attached hydrogen (secondary N) is 2. The molecule has 280 valence electrons. The van der Waals surface area contributed by atoms with Crippen molar-refractivity contribution in [1.29, 1.82) is 0 Å². The van der Waals surface area contributed by atoms with Crippen LogP contribution >= 0.6 is 11.6 Å². The van der Waals surface area contributed by atoms with Gasteiger partial charge in [0, 0.05) is 44.5 Å². The van der Waals surface area contributed by atoms with E-state index in [0.29, 0.717) is 48.8 Å². The molecule has 2 aliphatic heterocycles. The minimum atomic E-state index is -4.61. The lowest BCUT2D eigenvalue weighted by atomic mass is 10.0. The largest absolute Gasteiger partial charge is 0.508 e. The van der Waals surface area contributed by atoms with E-state index in [2.05, 4.69) is 20.6 Å². The molecule has 1 fully saturated rings. The molecule has 17 heteroatoms. The quantitative estimate of drug-likeness (QED) is 0.243. The molecule has 0 radical (unpaired) electrons. The second-order valence-electron chi connectivity index (χ2n) is 12.7. The average molecular weight is 746 g/mol. The summed E-state index contributed by atoms with van der Waals surface area (Å²) < 4.78 is 41.4. The van der Waals surface area contributed by atoms with Gasteiger partial charge in [-0.25, -0.2) is 9.97 Å². The van der Waals surface area contributed by atoms with Crippen LogP contribution in [-0.4, -0.2) is 87.5 Å². The average Bonchev–Trinajstić information content (AvgIpc) is 3.12. The van der Waals surface area contributed by atoms with Gasteiger partial charge >= 0.3 is 6.18 Å². The van der Waals surface area contributed by atoms with Gasteiger partial charge in [0.1, 0.15) is 23.8 Å². The Hall–Kier alpha value is -4.86. The van der Waals surface area contributed by atoms with Crippen LogP contribution in [0.1, 0.15) is 58.7 Å². The highest BCUT2D eigenvalue weighted by molar-refractivity contribution is 6.33. The molecule has 0 aliphatic carbocycles. The fourth-order valence-corrected chi connectivity index (χ4v) is 6.87. The normalized spacial score (nSPS) is 17.8. The molecular formula is C35H43ClF3N9O4. The van der Waals surface area contributed by atoms with E-state index in [-0.39, 0.29) is 71.2 Å². The fourth-order valence-electron chi connectivity index (χ4n) is 6.64. The molecule has 4 heterocycles. The van der Waals surface area contributed by atoms with Gasteiger partial charge in [0.2, 0.25) is 11.3 Å². The first-order valence-electron chi connectivity index (χ1n) is 17.3. The summed E-state index contributed by atoms with van der Waals surface area (Å²) in [4.78, 5) is 60.9. The molecule has 52 heavy (non-hydrogen) atoms. The number of aromatic nitrogens is 3. The van der Waals surface area contributed by atoms with E-state index in [1.54, 1.807) is 22.6 Å². The Balaban J connectivity index is 1.57. The number of amides is 2. The molecule has 0 saturated carbocycles. The molecule has 3 N–H and O–H groups in total. The number of nitrogens with zero attached hydrogens (tertiary/aromatic N) is 7. The number of allylic oxidation sites excluding steroid dienone is 1. The number of rotatable bonds is 11. The maximum absolute atomic E-state index is 14.6. The van der Waals surface area contributed by atoms with Gasteiger partial charge in [-0.15, -0.1) is 0 Å². The van der Waals surface area contributed by atoms with Crippen LogP contribution in [0.2, 0.25) is 5.02 Å². The van der Waals surface area contributed by atoms with Crippen LogP contribution < -0.4 is 25.9 Å². The van der Waals surface area contributed by atoms with Gasteiger partial charge in [-0.05, 0) is 51.3 Å². The smallest absolute Gasteiger partial charge is 0.416 e. The molecule has 2 unspecified atom stereocenters. The second-order valence-corrected chi connectivity index (χ2v) is 13.1. The van der Waals surface area contributed by atoms with Crippen LogP contribution in [0.15, 0.2) is 45.6 Å². The highest BCUT2D eigenvalue weighted by atomic mass is 35.5. The molecule has 13 nitrogen and oxygen atoms in total. The summed E-state index contributed by atoms with van der Waals surface area (Å²) in [5, 5.41) is 15.7. The van der Waals surface area contributed by atoms with E-state index < -0.39 is 23.7 Å². The first-order chi connectivity index (χ1) is 24.7. The van der Waals surface area contributed by atoms with Crippen molar-refractivity contribution in [3.8, 4) is 0 Å². The predicted octanol–water partition coefficient (Wildman–Crippen LogP) is 5.12. The maximum atomic E-state index is 14.6. The van der Waals surface area contributed by atoms with Gasteiger partial charge < -0.3 is 35.0 Å². The van der Waals surface area contributed by atoms with Crippen molar-refractivity contribution in [2.45, 2.75) is 78.7 Å². The minimum absolute atomic E-state index is 0.00388. The monoisotopic (exact) mass is 745 g/mol. The number of aliphatic imine (C=N–C) groups is 1. The molecule has 1 saturated heterocycles.